The lowest BCUT2D eigenvalue weighted by Crippen LogP contribution is -2.13. The second kappa shape index (κ2) is 8.83. The van der Waals surface area contributed by atoms with Gasteiger partial charge in [0, 0.05) is 18.1 Å². The highest BCUT2D eigenvalue weighted by molar-refractivity contribution is 7.15. The molecule has 2 aromatic heterocycles. The zero-order valence-electron chi connectivity index (χ0n) is 15.3. The number of halogens is 1. The second-order valence-corrected chi connectivity index (χ2v) is 7.87. The smallest absolute Gasteiger partial charge is 0.268 e. The van der Waals surface area contributed by atoms with Crippen LogP contribution in [-0.2, 0) is 11.2 Å². The Morgan fingerprint density at radius 2 is 2.11 bits per heavy atom. The molecular formula is C20H17ClN4O2S. The first-order valence-corrected chi connectivity index (χ1v) is 9.76. The quantitative estimate of drug-likeness (QED) is 0.444. The molecule has 1 N–H and O–H groups in total. The molecule has 0 aliphatic rings. The fourth-order valence-electron chi connectivity index (χ4n) is 2.43. The van der Waals surface area contributed by atoms with E-state index in [1.165, 1.54) is 17.4 Å². The zero-order chi connectivity index (χ0) is 20.1. The minimum atomic E-state index is -0.564. The molecule has 8 heteroatoms. The molecule has 0 saturated carbocycles. The van der Waals surface area contributed by atoms with E-state index < -0.39 is 5.91 Å². The third kappa shape index (κ3) is 4.85. The molecule has 0 fully saturated rings. The number of aromatic nitrogens is 2. The number of nitriles is 1. The molecule has 0 bridgehead atoms. The van der Waals surface area contributed by atoms with Crippen LogP contribution < -0.4 is 5.32 Å². The second-order valence-electron chi connectivity index (χ2n) is 6.40. The van der Waals surface area contributed by atoms with Crippen LogP contribution in [0.4, 0.5) is 5.13 Å². The largest absolute Gasteiger partial charge is 0.457 e. The number of benzene rings is 1. The summed E-state index contributed by atoms with van der Waals surface area (Å²) in [7, 11) is 0. The maximum Gasteiger partial charge on any atom is 0.268 e. The molecule has 1 aromatic carbocycles. The van der Waals surface area contributed by atoms with Crippen LogP contribution in [0.5, 0.6) is 0 Å². The molecule has 0 radical (unpaired) electrons. The van der Waals surface area contributed by atoms with Crippen LogP contribution in [-0.4, -0.2) is 16.1 Å². The Morgan fingerprint density at radius 3 is 2.82 bits per heavy atom. The van der Waals surface area contributed by atoms with Gasteiger partial charge in [-0.3, -0.25) is 10.1 Å². The molecule has 1 amide bonds. The van der Waals surface area contributed by atoms with E-state index in [4.69, 9.17) is 16.0 Å². The first-order valence-electron chi connectivity index (χ1n) is 8.56. The van der Waals surface area contributed by atoms with Crippen molar-refractivity contribution in [3.05, 3.63) is 57.8 Å². The van der Waals surface area contributed by atoms with E-state index in [1.54, 1.807) is 18.2 Å². The third-order valence-corrected chi connectivity index (χ3v) is 4.88. The van der Waals surface area contributed by atoms with E-state index >= 15 is 0 Å². The third-order valence-electron chi connectivity index (χ3n) is 3.69. The average molecular weight is 413 g/mol. The van der Waals surface area contributed by atoms with Crippen LogP contribution in [0.15, 0.2) is 46.4 Å². The van der Waals surface area contributed by atoms with Gasteiger partial charge in [0.05, 0.1) is 5.02 Å². The summed E-state index contributed by atoms with van der Waals surface area (Å²) in [5.74, 6) is 0.805. The van der Waals surface area contributed by atoms with E-state index in [2.05, 4.69) is 29.4 Å². The number of rotatable bonds is 6. The fraction of sp³-hybridized carbons (Fsp3) is 0.200. The van der Waals surface area contributed by atoms with Crippen LogP contribution in [0, 0.1) is 17.2 Å². The maximum atomic E-state index is 12.4. The normalized spacial score (nSPS) is 11.5. The molecule has 28 heavy (non-hydrogen) atoms. The van der Waals surface area contributed by atoms with E-state index in [-0.39, 0.29) is 5.57 Å². The summed E-state index contributed by atoms with van der Waals surface area (Å²) in [6.07, 6.45) is 2.16. The van der Waals surface area contributed by atoms with Crippen LogP contribution in [0.1, 0.15) is 24.6 Å². The van der Waals surface area contributed by atoms with Crippen molar-refractivity contribution in [2.75, 3.05) is 5.32 Å². The van der Waals surface area contributed by atoms with Gasteiger partial charge in [-0.1, -0.05) is 48.9 Å². The van der Waals surface area contributed by atoms with Crippen molar-refractivity contribution in [1.82, 2.24) is 10.2 Å². The van der Waals surface area contributed by atoms with Gasteiger partial charge < -0.3 is 4.42 Å². The molecule has 3 aromatic rings. The lowest BCUT2D eigenvalue weighted by molar-refractivity contribution is -0.112. The molecule has 3 rings (SSSR count). The topological polar surface area (TPSA) is 91.8 Å². The molecule has 142 valence electrons. The molecule has 6 nitrogen and oxygen atoms in total. The van der Waals surface area contributed by atoms with Gasteiger partial charge in [0.2, 0.25) is 5.13 Å². The van der Waals surface area contributed by atoms with Crippen LogP contribution >= 0.6 is 22.9 Å². The van der Waals surface area contributed by atoms with E-state index in [1.807, 2.05) is 24.3 Å². The Labute approximate surface area is 171 Å². The van der Waals surface area contributed by atoms with Gasteiger partial charge in [-0.05, 0) is 30.2 Å². The summed E-state index contributed by atoms with van der Waals surface area (Å²) in [5.41, 5.74) is 0.638. The Hall–Kier alpha value is -2.95. The zero-order valence-corrected chi connectivity index (χ0v) is 16.8. The highest BCUT2D eigenvalue weighted by Crippen LogP contribution is 2.29. The summed E-state index contributed by atoms with van der Waals surface area (Å²) < 4.78 is 5.71. The number of hydrogen-bond donors (Lipinski definition) is 1. The number of nitrogens with zero attached hydrogens (tertiary/aromatic N) is 3. The van der Waals surface area contributed by atoms with Crippen molar-refractivity contribution < 1.29 is 9.21 Å². The summed E-state index contributed by atoms with van der Waals surface area (Å²) >= 11 is 7.47. The summed E-state index contributed by atoms with van der Waals surface area (Å²) in [6, 6.07) is 12.6. The molecule has 0 saturated heterocycles. The maximum absolute atomic E-state index is 12.4. The Bertz CT molecular complexity index is 1060. The number of furan rings is 1. The molecule has 0 atom stereocenters. The lowest BCUT2D eigenvalue weighted by Gasteiger charge is -2.00. The first-order chi connectivity index (χ1) is 13.5. The van der Waals surface area contributed by atoms with E-state index in [9.17, 15) is 10.1 Å². The van der Waals surface area contributed by atoms with Crippen LogP contribution in [0.3, 0.4) is 0 Å². The molecule has 0 aliphatic heterocycles. The standard InChI is InChI=1S/C20H17ClN4O2S/c1-12(2)9-18-24-25-20(28-18)23-19(26)13(11-22)10-14-7-8-17(27-14)15-5-3-4-6-16(15)21/h3-8,10,12H,9H2,1-2H3,(H,23,25,26)/b13-10-. The number of nitrogens with one attached hydrogen (secondary N) is 1. The number of hydrogen-bond acceptors (Lipinski definition) is 6. The van der Waals surface area contributed by atoms with Gasteiger partial charge >= 0.3 is 0 Å². The minimum Gasteiger partial charge on any atom is -0.457 e. The minimum absolute atomic E-state index is 0.0966. The molecular weight excluding hydrogens is 396 g/mol. The number of anilines is 1. The fourth-order valence-corrected chi connectivity index (χ4v) is 3.60. The summed E-state index contributed by atoms with van der Waals surface area (Å²) in [5, 5.41) is 21.7. The predicted octanol–water partition coefficient (Wildman–Crippen LogP) is 5.20. The molecule has 0 spiro atoms. The first kappa shape index (κ1) is 19.8. The van der Waals surface area contributed by atoms with Gasteiger partial charge in [0.1, 0.15) is 28.2 Å². The van der Waals surface area contributed by atoms with Gasteiger partial charge in [0.25, 0.3) is 5.91 Å². The van der Waals surface area contributed by atoms with Gasteiger partial charge in [-0.25, -0.2) is 0 Å². The SMILES string of the molecule is CC(C)Cc1nnc(NC(=O)/C(C#N)=C\c2ccc(-c3ccccc3Cl)o2)s1. The van der Waals surface area contributed by atoms with Crippen LogP contribution in [0.2, 0.25) is 5.02 Å². The van der Waals surface area contributed by atoms with Crippen molar-refractivity contribution in [2.45, 2.75) is 20.3 Å². The monoisotopic (exact) mass is 412 g/mol. The lowest BCUT2D eigenvalue weighted by atomic mass is 10.1. The highest BCUT2D eigenvalue weighted by Gasteiger charge is 2.15. The van der Waals surface area contributed by atoms with Crippen molar-refractivity contribution in [3.63, 3.8) is 0 Å². The van der Waals surface area contributed by atoms with E-state index in [0.29, 0.717) is 27.6 Å². The Morgan fingerprint density at radius 1 is 1.32 bits per heavy atom. The van der Waals surface area contributed by atoms with Crippen molar-refractivity contribution in [2.24, 2.45) is 5.92 Å². The molecule has 0 aliphatic carbocycles. The summed E-state index contributed by atoms with van der Waals surface area (Å²) in [4.78, 5) is 12.4. The number of carbonyl (C=O) groups excluding carboxylic acids is 1. The van der Waals surface area contributed by atoms with Crippen molar-refractivity contribution >= 4 is 40.1 Å². The average Bonchev–Trinajstić information content (AvgIpc) is 3.29. The van der Waals surface area contributed by atoms with Crippen molar-refractivity contribution in [3.8, 4) is 17.4 Å². The Balaban J connectivity index is 1.75. The number of amides is 1. The highest BCUT2D eigenvalue weighted by atomic mass is 35.5. The van der Waals surface area contributed by atoms with Gasteiger partial charge in [0.15, 0.2) is 0 Å². The van der Waals surface area contributed by atoms with Crippen molar-refractivity contribution in [1.29, 1.82) is 5.26 Å². The van der Waals surface area contributed by atoms with Gasteiger partial charge in [-0.2, -0.15) is 5.26 Å². The van der Waals surface area contributed by atoms with E-state index in [0.717, 1.165) is 17.0 Å². The number of carbonyl (C=O) groups is 1. The predicted molar refractivity (Wildman–Crippen MR) is 110 cm³/mol. The van der Waals surface area contributed by atoms with Crippen LogP contribution in [0.25, 0.3) is 17.4 Å². The molecule has 2 heterocycles. The molecule has 0 unspecified atom stereocenters. The Kier molecular flexibility index (Phi) is 6.24. The van der Waals surface area contributed by atoms with Gasteiger partial charge in [-0.15, -0.1) is 10.2 Å². The summed E-state index contributed by atoms with van der Waals surface area (Å²) in [6.45, 7) is 4.16.